The predicted molar refractivity (Wildman–Crippen MR) is 105 cm³/mol. The fourth-order valence-electron chi connectivity index (χ4n) is 2.68. The van der Waals surface area contributed by atoms with Crippen LogP contribution in [-0.2, 0) is 0 Å². The lowest BCUT2D eigenvalue weighted by atomic mass is 9.95. The summed E-state index contributed by atoms with van der Waals surface area (Å²) in [6.45, 7) is 6.33. The number of nitrogens with zero attached hydrogens (tertiary/aromatic N) is 1. The summed E-state index contributed by atoms with van der Waals surface area (Å²) in [6.07, 6.45) is 0. The third kappa shape index (κ3) is 3.03. The van der Waals surface area contributed by atoms with Gasteiger partial charge in [0.25, 0.3) is 0 Å². The molecule has 0 bridgehead atoms. The number of para-hydroxylation sites is 1. The summed E-state index contributed by atoms with van der Waals surface area (Å²) in [5.41, 5.74) is 6.05. The zero-order valence-corrected chi connectivity index (χ0v) is 15.2. The minimum atomic E-state index is 0.812. The Hall–Kier alpha value is -2.08. The van der Waals surface area contributed by atoms with Crippen LogP contribution in [0.15, 0.2) is 55.1 Å². The van der Waals surface area contributed by atoms with E-state index in [1.54, 1.807) is 7.11 Å². The van der Waals surface area contributed by atoms with Crippen molar-refractivity contribution >= 4 is 45.0 Å². The lowest BCUT2D eigenvalue weighted by molar-refractivity contribution is 0.417. The third-order valence-electron chi connectivity index (χ3n) is 3.82. The summed E-state index contributed by atoms with van der Waals surface area (Å²) in [6, 6.07) is 16.3. The summed E-state index contributed by atoms with van der Waals surface area (Å²) < 4.78 is 8.49. The first-order chi connectivity index (χ1) is 11.1. The number of aryl methyl sites for hydroxylation is 1. The number of ether oxygens (including phenoxy) is 1. The highest BCUT2D eigenvalue weighted by Gasteiger charge is 2.11. The molecular weight excluding hydrogens is 399 g/mol. The highest BCUT2D eigenvalue weighted by atomic mass is 127. The molecule has 3 rings (SSSR count). The number of halogens is 1. The average molecular weight is 416 g/mol. The lowest BCUT2D eigenvalue weighted by Crippen LogP contribution is -1.95. The lowest BCUT2D eigenvalue weighted by Gasteiger charge is -2.14. The highest BCUT2D eigenvalue weighted by molar-refractivity contribution is 14.1. The van der Waals surface area contributed by atoms with Crippen molar-refractivity contribution < 1.29 is 4.74 Å². The van der Waals surface area contributed by atoms with Crippen molar-refractivity contribution in [3.05, 3.63) is 71.9 Å². The van der Waals surface area contributed by atoms with Crippen LogP contribution in [-0.4, -0.2) is 12.1 Å². The van der Waals surface area contributed by atoms with Crippen LogP contribution in [0.1, 0.15) is 16.8 Å². The second-order valence-corrected chi connectivity index (χ2v) is 5.86. The van der Waals surface area contributed by atoms with E-state index in [-0.39, 0.29) is 0 Å². The van der Waals surface area contributed by atoms with Crippen molar-refractivity contribution in [2.75, 3.05) is 10.6 Å². The number of aromatic nitrogens is 1. The average Bonchev–Trinajstić information content (AvgIpc) is 2.59. The van der Waals surface area contributed by atoms with Crippen LogP contribution in [0.2, 0.25) is 0 Å². The van der Waals surface area contributed by atoms with Gasteiger partial charge in [0.15, 0.2) is 0 Å². The number of fused-ring (bicyclic) bond motifs is 1. The molecule has 116 valence electrons. The molecule has 0 spiro atoms. The van der Waals surface area contributed by atoms with Crippen molar-refractivity contribution in [3.8, 4) is 5.75 Å². The van der Waals surface area contributed by atoms with E-state index in [1.807, 2.05) is 37.3 Å². The zero-order valence-electron chi connectivity index (χ0n) is 13.1. The zero-order chi connectivity index (χ0) is 16.4. The maximum atomic E-state index is 5.36. The first kappa shape index (κ1) is 15.8. The van der Waals surface area contributed by atoms with Gasteiger partial charge in [0.2, 0.25) is 0 Å². The van der Waals surface area contributed by atoms with Crippen LogP contribution in [0.25, 0.3) is 16.5 Å². The number of rotatable bonds is 4. The number of hydrogen-bond acceptors (Lipinski definition) is 3. The van der Waals surface area contributed by atoms with E-state index >= 15 is 0 Å². The van der Waals surface area contributed by atoms with E-state index in [2.05, 4.69) is 56.2 Å². The molecular formula is C19H17IN2O. The second kappa shape index (κ2) is 6.58. The van der Waals surface area contributed by atoms with Gasteiger partial charge in [0.05, 0.1) is 41.2 Å². The molecule has 1 N–H and O–H groups in total. The summed E-state index contributed by atoms with van der Waals surface area (Å²) in [4.78, 5) is 4.60. The Kier molecular flexibility index (Phi) is 4.52. The summed E-state index contributed by atoms with van der Waals surface area (Å²) in [5.74, 6) is 0.812. The molecule has 23 heavy (non-hydrogen) atoms. The third-order valence-corrected chi connectivity index (χ3v) is 4.40. The Balaban J connectivity index is 2.14. The first-order valence-corrected chi connectivity index (χ1v) is 8.32. The number of anilines is 1. The molecule has 0 unspecified atom stereocenters. The summed E-state index contributed by atoms with van der Waals surface area (Å²) >= 11 is 2.11. The van der Waals surface area contributed by atoms with Crippen LogP contribution in [0.5, 0.6) is 5.75 Å². The molecule has 0 aliphatic carbocycles. The molecule has 3 aromatic rings. The van der Waals surface area contributed by atoms with E-state index in [4.69, 9.17) is 4.74 Å². The van der Waals surface area contributed by atoms with Crippen molar-refractivity contribution in [2.24, 2.45) is 0 Å². The van der Waals surface area contributed by atoms with E-state index in [0.717, 1.165) is 44.7 Å². The van der Waals surface area contributed by atoms with Crippen molar-refractivity contribution in [1.29, 1.82) is 0 Å². The van der Waals surface area contributed by atoms with Gasteiger partial charge >= 0.3 is 0 Å². The number of nitrogens with one attached hydrogen (secondary N) is 1. The molecule has 0 aliphatic heterocycles. The van der Waals surface area contributed by atoms with Gasteiger partial charge < -0.3 is 8.27 Å². The van der Waals surface area contributed by atoms with Crippen LogP contribution in [0.3, 0.4) is 0 Å². The number of pyridine rings is 1. The minimum absolute atomic E-state index is 0.812. The number of benzene rings is 2. The van der Waals surface area contributed by atoms with Gasteiger partial charge in [-0.05, 0) is 47.9 Å². The smallest absolute Gasteiger partial charge is 0.142 e. The monoisotopic (exact) mass is 416 g/mol. The molecule has 0 radical (unpaired) electrons. The van der Waals surface area contributed by atoms with Crippen molar-refractivity contribution in [1.82, 2.24) is 4.98 Å². The van der Waals surface area contributed by atoms with Crippen molar-refractivity contribution in [2.45, 2.75) is 6.92 Å². The maximum absolute atomic E-state index is 5.36. The maximum Gasteiger partial charge on any atom is 0.142 e. The first-order valence-electron chi connectivity index (χ1n) is 7.24. The standard InChI is InChI=1S/C19H17IN2O/c1-12-10-16(15-6-4-5-7-17(15)21-12)13(2)14-8-9-19(23-3)18(11-14)22-20/h4-11,22H,2H2,1,3H3. The normalized spacial score (nSPS) is 10.6. The molecule has 0 aliphatic rings. The molecule has 0 atom stereocenters. The molecule has 3 nitrogen and oxygen atoms in total. The Morgan fingerprint density at radius 2 is 1.96 bits per heavy atom. The quantitative estimate of drug-likeness (QED) is 0.459. The van der Waals surface area contributed by atoms with E-state index in [1.165, 1.54) is 0 Å². The second-order valence-electron chi connectivity index (χ2n) is 5.32. The molecule has 0 saturated carbocycles. The molecule has 0 fully saturated rings. The van der Waals surface area contributed by atoms with Gasteiger partial charge in [-0.3, -0.25) is 4.98 Å². The fraction of sp³-hybridized carbons (Fsp3) is 0.105. The van der Waals surface area contributed by atoms with Gasteiger partial charge in [-0.2, -0.15) is 0 Å². The number of methoxy groups -OCH3 is 1. The van der Waals surface area contributed by atoms with Crippen LogP contribution in [0, 0.1) is 6.92 Å². The molecule has 1 heterocycles. The SMILES string of the molecule is C=C(c1ccc(OC)c(NI)c1)c1cc(C)nc2ccccc12. The molecule has 4 heteroatoms. The summed E-state index contributed by atoms with van der Waals surface area (Å²) in [5, 5.41) is 1.11. The Bertz CT molecular complexity index is 890. The van der Waals surface area contributed by atoms with E-state index in [9.17, 15) is 0 Å². The van der Waals surface area contributed by atoms with Gasteiger partial charge in [0.1, 0.15) is 5.75 Å². The molecule has 1 aromatic heterocycles. The van der Waals surface area contributed by atoms with Gasteiger partial charge in [0, 0.05) is 11.1 Å². The van der Waals surface area contributed by atoms with E-state index in [0.29, 0.717) is 0 Å². The van der Waals surface area contributed by atoms with Crippen LogP contribution in [0.4, 0.5) is 5.69 Å². The Labute approximate surface area is 149 Å². The topological polar surface area (TPSA) is 34.1 Å². The molecule has 0 amide bonds. The van der Waals surface area contributed by atoms with Gasteiger partial charge in [-0.25, -0.2) is 0 Å². The predicted octanol–water partition coefficient (Wildman–Crippen LogP) is 5.38. The van der Waals surface area contributed by atoms with Crippen molar-refractivity contribution in [3.63, 3.8) is 0 Å². The number of hydrogen-bond donors (Lipinski definition) is 1. The highest BCUT2D eigenvalue weighted by Crippen LogP contribution is 2.33. The van der Waals surface area contributed by atoms with Gasteiger partial charge in [-0.1, -0.05) is 30.8 Å². The largest absolute Gasteiger partial charge is 0.495 e. The summed E-state index contributed by atoms with van der Waals surface area (Å²) in [7, 11) is 1.67. The molecule has 2 aromatic carbocycles. The minimum Gasteiger partial charge on any atom is -0.495 e. The van der Waals surface area contributed by atoms with Crippen LogP contribution < -0.4 is 8.27 Å². The Morgan fingerprint density at radius 1 is 1.17 bits per heavy atom. The van der Waals surface area contributed by atoms with E-state index < -0.39 is 0 Å². The molecule has 0 saturated heterocycles. The fourth-order valence-corrected chi connectivity index (χ4v) is 3.10. The Morgan fingerprint density at radius 3 is 2.70 bits per heavy atom. The van der Waals surface area contributed by atoms with Gasteiger partial charge in [-0.15, -0.1) is 0 Å². The van der Waals surface area contributed by atoms with Crippen LogP contribution >= 0.6 is 22.9 Å².